The molecule has 2 N–H and O–H groups in total. The van der Waals surface area contributed by atoms with Gasteiger partial charge in [0.05, 0.1) is 27.4 Å². The number of nitrogens with zero attached hydrogens (tertiary/aromatic N) is 2. The molecular formula is C40H51N3O7. The Hall–Kier alpha value is -4.22. The fourth-order valence-electron chi connectivity index (χ4n) is 6.81. The highest BCUT2D eigenvalue weighted by atomic mass is 16.6. The van der Waals surface area contributed by atoms with Crippen molar-refractivity contribution in [2.75, 3.05) is 47.1 Å². The minimum atomic E-state index is -1.21. The number of benzene rings is 3. The van der Waals surface area contributed by atoms with Crippen molar-refractivity contribution in [1.82, 2.24) is 14.5 Å². The molecule has 2 atom stereocenters. The van der Waals surface area contributed by atoms with E-state index >= 15 is 0 Å². The second-order valence-corrected chi connectivity index (χ2v) is 13.2. The number of aliphatic hydroxyl groups is 1. The highest BCUT2D eigenvalue weighted by molar-refractivity contribution is 5.49. The zero-order chi connectivity index (χ0) is 35.6. The van der Waals surface area contributed by atoms with Crippen molar-refractivity contribution in [2.24, 2.45) is 0 Å². The zero-order valence-electron chi connectivity index (χ0n) is 29.7. The predicted octanol–water partition coefficient (Wildman–Crippen LogP) is 5.79. The third-order valence-corrected chi connectivity index (χ3v) is 9.61. The van der Waals surface area contributed by atoms with Crippen molar-refractivity contribution in [1.29, 1.82) is 0 Å². The topological polar surface area (TPSA) is 115 Å². The molecule has 3 aromatic carbocycles. The fraction of sp³-hybridized carbons (Fsp3) is 0.450. The smallest absolute Gasteiger partial charge is 0.330 e. The Bertz CT molecular complexity index is 1710. The van der Waals surface area contributed by atoms with Crippen LogP contribution in [0.3, 0.4) is 0 Å². The minimum Gasteiger partial charge on any atom is -0.497 e. The van der Waals surface area contributed by atoms with Crippen LogP contribution < -0.4 is 20.7 Å². The summed E-state index contributed by atoms with van der Waals surface area (Å²) in [6.07, 6.45) is 7.62. The van der Waals surface area contributed by atoms with Crippen molar-refractivity contribution < 1.29 is 24.1 Å². The first kappa shape index (κ1) is 37.0. The number of ether oxygens (including phenoxy) is 4. The number of aromatic amines is 1. The van der Waals surface area contributed by atoms with Crippen molar-refractivity contribution in [2.45, 2.75) is 69.8 Å². The number of aliphatic hydroxyl groups excluding tert-OH is 1. The number of methoxy groups -OCH3 is 2. The highest BCUT2D eigenvalue weighted by Gasteiger charge is 2.46. The number of nitrogens with one attached hydrogen (secondary N) is 1. The molecule has 0 saturated carbocycles. The van der Waals surface area contributed by atoms with Crippen molar-refractivity contribution in [3.05, 3.63) is 128 Å². The average Bonchev–Trinajstić information content (AvgIpc) is 3.15. The first-order valence-corrected chi connectivity index (χ1v) is 17.6. The van der Waals surface area contributed by atoms with Crippen LogP contribution in [0.2, 0.25) is 0 Å². The van der Waals surface area contributed by atoms with Gasteiger partial charge in [-0.25, -0.2) is 4.79 Å². The molecule has 1 aliphatic heterocycles. The van der Waals surface area contributed by atoms with Gasteiger partial charge in [-0.15, -0.1) is 0 Å². The second-order valence-electron chi connectivity index (χ2n) is 13.2. The second kappa shape index (κ2) is 17.1. The lowest BCUT2D eigenvalue weighted by Crippen LogP contribution is -2.60. The molecule has 10 nitrogen and oxygen atoms in total. The number of morpholine rings is 1. The standard InChI is InChI=1S/C40H51N3O7/c1-5-6-7-8-9-13-24-42-26-36(43-25-30(2)37(45)41-38(43)46)50-39(27-42,28-44)29-49-40(31-14-11-10-12-15-31,32-16-20-34(47-3)21-17-32)33-18-22-35(48-4)23-19-33/h10-12,14-23,25,36,44H,5-9,13,24,26-29H2,1-4H3,(H,41,45,46)/t36-,39-/m1/s1. The maximum Gasteiger partial charge on any atom is 0.330 e. The van der Waals surface area contributed by atoms with E-state index in [4.69, 9.17) is 18.9 Å². The Balaban J connectivity index is 1.56. The zero-order valence-corrected chi connectivity index (χ0v) is 29.7. The number of rotatable bonds is 17. The van der Waals surface area contributed by atoms with Gasteiger partial charge in [0.2, 0.25) is 0 Å². The van der Waals surface area contributed by atoms with Gasteiger partial charge < -0.3 is 24.1 Å². The summed E-state index contributed by atoms with van der Waals surface area (Å²) in [7, 11) is 3.26. The molecule has 268 valence electrons. The van der Waals surface area contributed by atoms with Gasteiger partial charge in [0.15, 0.2) is 6.23 Å². The third kappa shape index (κ3) is 8.38. The Kier molecular flexibility index (Phi) is 12.7. The molecule has 4 aromatic rings. The maximum absolute atomic E-state index is 13.1. The van der Waals surface area contributed by atoms with E-state index in [9.17, 15) is 14.7 Å². The summed E-state index contributed by atoms with van der Waals surface area (Å²) in [6.45, 7) is 5.07. The quantitative estimate of drug-likeness (QED) is 0.106. The largest absolute Gasteiger partial charge is 0.497 e. The van der Waals surface area contributed by atoms with Gasteiger partial charge >= 0.3 is 5.69 Å². The van der Waals surface area contributed by atoms with E-state index in [0.29, 0.717) is 30.2 Å². The monoisotopic (exact) mass is 685 g/mol. The molecule has 0 unspecified atom stereocenters. The van der Waals surface area contributed by atoms with E-state index in [-0.39, 0.29) is 13.2 Å². The van der Waals surface area contributed by atoms with Crippen molar-refractivity contribution in [3.63, 3.8) is 0 Å². The molecule has 1 fully saturated rings. The molecule has 0 spiro atoms. The molecule has 50 heavy (non-hydrogen) atoms. The molecule has 1 aromatic heterocycles. The van der Waals surface area contributed by atoms with E-state index in [1.807, 2.05) is 78.9 Å². The van der Waals surface area contributed by atoms with Gasteiger partial charge in [-0.05, 0) is 60.8 Å². The summed E-state index contributed by atoms with van der Waals surface area (Å²) in [5, 5.41) is 11.2. The minimum absolute atomic E-state index is 0.0168. The van der Waals surface area contributed by atoms with Crippen LogP contribution in [-0.2, 0) is 15.1 Å². The lowest BCUT2D eigenvalue weighted by molar-refractivity contribution is -0.230. The van der Waals surface area contributed by atoms with Crippen LogP contribution in [0.25, 0.3) is 0 Å². The number of hydrogen-bond donors (Lipinski definition) is 2. The first-order valence-electron chi connectivity index (χ1n) is 17.6. The predicted molar refractivity (Wildman–Crippen MR) is 194 cm³/mol. The van der Waals surface area contributed by atoms with Gasteiger partial charge in [-0.1, -0.05) is 93.6 Å². The number of aryl methyl sites for hydroxylation is 1. The van der Waals surface area contributed by atoms with Crippen LogP contribution >= 0.6 is 0 Å². The molecule has 0 bridgehead atoms. The van der Waals surface area contributed by atoms with Gasteiger partial charge in [-0.3, -0.25) is 19.2 Å². The van der Waals surface area contributed by atoms with E-state index in [2.05, 4.69) is 16.8 Å². The molecular weight excluding hydrogens is 634 g/mol. The Morgan fingerprint density at radius 3 is 2.02 bits per heavy atom. The summed E-state index contributed by atoms with van der Waals surface area (Å²) >= 11 is 0. The molecule has 5 rings (SSSR count). The van der Waals surface area contributed by atoms with Crippen LogP contribution in [0, 0.1) is 6.92 Å². The van der Waals surface area contributed by atoms with Gasteiger partial charge in [-0.2, -0.15) is 0 Å². The number of unbranched alkanes of at least 4 members (excludes halogenated alkanes) is 5. The lowest BCUT2D eigenvalue weighted by atomic mass is 9.79. The molecule has 0 aliphatic carbocycles. The van der Waals surface area contributed by atoms with Crippen LogP contribution in [0.1, 0.15) is 73.9 Å². The Labute approximate surface area is 294 Å². The van der Waals surface area contributed by atoms with E-state index in [1.54, 1.807) is 21.1 Å². The summed E-state index contributed by atoms with van der Waals surface area (Å²) in [5.41, 5.74) is -0.356. The van der Waals surface area contributed by atoms with Crippen molar-refractivity contribution >= 4 is 0 Å². The number of H-pyrrole nitrogens is 1. The summed E-state index contributed by atoms with van der Waals surface area (Å²) < 4.78 is 26.4. The van der Waals surface area contributed by atoms with Gasteiger partial charge in [0, 0.05) is 24.8 Å². The highest BCUT2D eigenvalue weighted by Crippen LogP contribution is 2.43. The normalized spacial score (nSPS) is 18.2. The van der Waals surface area contributed by atoms with E-state index in [0.717, 1.165) is 42.5 Å². The fourth-order valence-corrected chi connectivity index (χ4v) is 6.81. The van der Waals surface area contributed by atoms with Crippen LogP contribution in [0.4, 0.5) is 0 Å². The van der Waals surface area contributed by atoms with Crippen LogP contribution in [0.5, 0.6) is 11.5 Å². The van der Waals surface area contributed by atoms with Gasteiger partial charge in [0.25, 0.3) is 5.56 Å². The number of hydrogen-bond acceptors (Lipinski definition) is 8. The Morgan fingerprint density at radius 1 is 0.860 bits per heavy atom. The molecule has 1 saturated heterocycles. The summed E-state index contributed by atoms with van der Waals surface area (Å²) in [4.78, 5) is 30.1. The van der Waals surface area contributed by atoms with Gasteiger partial charge in [0.1, 0.15) is 22.7 Å². The van der Waals surface area contributed by atoms with E-state index in [1.165, 1.54) is 30.0 Å². The third-order valence-electron chi connectivity index (χ3n) is 9.61. The Morgan fingerprint density at radius 2 is 1.44 bits per heavy atom. The lowest BCUT2D eigenvalue weighted by Gasteiger charge is -2.47. The van der Waals surface area contributed by atoms with E-state index < -0.39 is 28.7 Å². The molecule has 2 heterocycles. The summed E-state index contributed by atoms with van der Waals surface area (Å²) in [6, 6.07) is 25.5. The average molecular weight is 686 g/mol. The molecule has 0 radical (unpaired) electrons. The first-order chi connectivity index (χ1) is 24.3. The summed E-state index contributed by atoms with van der Waals surface area (Å²) in [5.74, 6) is 1.42. The number of aromatic nitrogens is 2. The SMILES string of the molecule is CCCCCCCCN1C[C@H](n2cc(C)c(=O)[nH]c2=O)O[C@](CO)(COC(c2ccccc2)(c2ccc(OC)cc2)c2ccc(OC)cc2)C1. The van der Waals surface area contributed by atoms with Crippen LogP contribution in [-0.4, -0.2) is 72.2 Å². The maximum atomic E-state index is 13.1. The molecule has 1 aliphatic rings. The van der Waals surface area contributed by atoms with Crippen molar-refractivity contribution in [3.8, 4) is 11.5 Å². The molecule has 0 amide bonds. The molecule has 10 heteroatoms. The van der Waals surface area contributed by atoms with Crippen LogP contribution in [0.15, 0.2) is 94.6 Å².